The molecule has 2 unspecified atom stereocenters. The second-order valence-corrected chi connectivity index (χ2v) is 4.31. The van der Waals surface area contributed by atoms with E-state index in [0.29, 0.717) is 0 Å². The molecule has 2 N–H and O–H groups in total. The minimum Gasteiger partial charge on any atom is -0.481 e. The van der Waals surface area contributed by atoms with E-state index < -0.39 is 45.8 Å². The molecule has 0 spiro atoms. The van der Waals surface area contributed by atoms with E-state index in [1.807, 2.05) is 0 Å². The van der Waals surface area contributed by atoms with E-state index in [2.05, 4.69) is 5.32 Å². The summed E-state index contributed by atoms with van der Waals surface area (Å²) in [5, 5.41) is 21.7. The molecule has 0 saturated heterocycles. The Morgan fingerprint density at radius 1 is 1.40 bits per heavy atom. The fourth-order valence-corrected chi connectivity index (χ4v) is 1.42. The first-order valence-electron chi connectivity index (χ1n) is 5.71. The lowest BCUT2D eigenvalue weighted by molar-refractivity contribution is -0.384. The van der Waals surface area contributed by atoms with Crippen molar-refractivity contribution in [3.63, 3.8) is 0 Å². The number of aliphatic carboxylic acids is 1. The normalized spacial score (nSPS) is 13.3. The average Bonchev–Trinajstić information content (AvgIpc) is 2.37. The van der Waals surface area contributed by atoms with Crippen LogP contribution in [0.15, 0.2) is 18.2 Å². The number of hydrogen-bond acceptors (Lipinski definition) is 4. The summed E-state index contributed by atoms with van der Waals surface area (Å²) in [6, 6.07) is 1.81. The Balaban J connectivity index is 2.95. The van der Waals surface area contributed by atoms with Gasteiger partial charge in [0.05, 0.1) is 16.4 Å². The molecule has 7 nitrogen and oxygen atoms in total. The van der Waals surface area contributed by atoms with Crippen molar-refractivity contribution in [2.45, 2.75) is 19.9 Å². The van der Waals surface area contributed by atoms with Crippen LogP contribution in [-0.2, 0) is 4.79 Å². The molecule has 0 radical (unpaired) electrons. The van der Waals surface area contributed by atoms with Gasteiger partial charge in [-0.25, -0.2) is 4.39 Å². The maximum absolute atomic E-state index is 13.5. The number of hydrogen-bond donors (Lipinski definition) is 2. The van der Waals surface area contributed by atoms with Gasteiger partial charge in [-0.2, -0.15) is 0 Å². The van der Waals surface area contributed by atoms with Crippen molar-refractivity contribution in [1.82, 2.24) is 5.32 Å². The highest BCUT2D eigenvalue weighted by Crippen LogP contribution is 2.17. The predicted octanol–water partition coefficient (Wildman–Crippen LogP) is 1.57. The van der Waals surface area contributed by atoms with E-state index in [4.69, 9.17) is 5.11 Å². The molecule has 1 rings (SSSR count). The number of amides is 1. The highest BCUT2D eigenvalue weighted by atomic mass is 19.1. The molecule has 2 atom stereocenters. The number of non-ortho nitro benzene ring substituents is 1. The minimum atomic E-state index is -1.11. The van der Waals surface area contributed by atoms with Crippen molar-refractivity contribution >= 4 is 17.6 Å². The molecule has 0 aromatic heterocycles. The first kappa shape index (κ1) is 15.5. The topological polar surface area (TPSA) is 110 Å². The molecule has 1 aromatic rings. The molecule has 1 amide bonds. The Morgan fingerprint density at radius 3 is 2.50 bits per heavy atom. The van der Waals surface area contributed by atoms with Gasteiger partial charge >= 0.3 is 5.97 Å². The van der Waals surface area contributed by atoms with Gasteiger partial charge in [-0.3, -0.25) is 19.7 Å². The van der Waals surface area contributed by atoms with Gasteiger partial charge in [0, 0.05) is 18.2 Å². The Kier molecular flexibility index (Phi) is 4.73. The first-order valence-corrected chi connectivity index (χ1v) is 5.71. The van der Waals surface area contributed by atoms with Crippen LogP contribution in [0.1, 0.15) is 24.2 Å². The van der Waals surface area contributed by atoms with E-state index >= 15 is 0 Å². The van der Waals surface area contributed by atoms with Crippen LogP contribution >= 0.6 is 0 Å². The van der Waals surface area contributed by atoms with Crippen molar-refractivity contribution < 1.29 is 24.0 Å². The van der Waals surface area contributed by atoms with Gasteiger partial charge in [-0.1, -0.05) is 0 Å². The molecular formula is C12H13FN2O5. The van der Waals surface area contributed by atoms with Crippen LogP contribution in [-0.4, -0.2) is 27.9 Å². The summed E-state index contributed by atoms with van der Waals surface area (Å²) < 4.78 is 13.5. The molecule has 0 aliphatic carbocycles. The minimum absolute atomic E-state index is 0.421. The fraction of sp³-hybridized carbons (Fsp3) is 0.333. The van der Waals surface area contributed by atoms with Crippen molar-refractivity contribution in [1.29, 1.82) is 0 Å². The van der Waals surface area contributed by atoms with Crippen molar-refractivity contribution in [2.24, 2.45) is 5.92 Å². The number of carbonyl (C=O) groups is 2. The quantitative estimate of drug-likeness (QED) is 0.630. The van der Waals surface area contributed by atoms with E-state index in [9.17, 15) is 24.1 Å². The van der Waals surface area contributed by atoms with Gasteiger partial charge in [0.2, 0.25) is 0 Å². The average molecular weight is 284 g/mol. The Labute approximate surface area is 113 Å². The molecule has 0 heterocycles. The van der Waals surface area contributed by atoms with Crippen LogP contribution in [0.25, 0.3) is 0 Å². The number of nitro benzene ring substituents is 1. The number of rotatable bonds is 5. The first-order chi connectivity index (χ1) is 9.23. The maximum atomic E-state index is 13.5. The van der Waals surface area contributed by atoms with Gasteiger partial charge < -0.3 is 10.4 Å². The third-order valence-electron chi connectivity index (χ3n) is 2.90. The molecular weight excluding hydrogens is 271 g/mol. The second kappa shape index (κ2) is 6.09. The van der Waals surface area contributed by atoms with Gasteiger partial charge in [0.15, 0.2) is 0 Å². The van der Waals surface area contributed by atoms with Crippen LogP contribution in [0.5, 0.6) is 0 Å². The summed E-state index contributed by atoms with van der Waals surface area (Å²) in [5.74, 6) is -3.80. The van der Waals surface area contributed by atoms with Crippen molar-refractivity contribution in [2.75, 3.05) is 0 Å². The Bertz CT molecular complexity index is 561. The Morgan fingerprint density at radius 2 is 2.00 bits per heavy atom. The van der Waals surface area contributed by atoms with Crippen molar-refractivity contribution in [3.8, 4) is 0 Å². The number of carbonyl (C=O) groups excluding carboxylic acids is 1. The summed E-state index contributed by atoms with van der Waals surface area (Å²) in [6.45, 7) is 2.84. The number of benzene rings is 1. The van der Waals surface area contributed by atoms with Crippen LogP contribution in [0.4, 0.5) is 10.1 Å². The zero-order valence-electron chi connectivity index (χ0n) is 10.8. The molecule has 108 valence electrons. The number of carboxylic acids is 1. The van der Waals surface area contributed by atoms with Crippen LogP contribution in [0, 0.1) is 21.8 Å². The molecule has 0 aliphatic rings. The number of nitro groups is 1. The van der Waals surface area contributed by atoms with E-state index in [0.717, 1.165) is 18.2 Å². The largest absolute Gasteiger partial charge is 0.481 e. The lowest BCUT2D eigenvalue weighted by Gasteiger charge is -2.17. The number of carboxylic acid groups (broad SMARTS) is 1. The molecule has 1 aromatic carbocycles. The zero-order valence-corrected chi connectivity index (χ0v) is 10.8. The molecule has 8 heteroatoms. The zero-order chi connectivity index (χ0) is 15.4. The molecule has 0 fully saturated rings. The summed E-state index contributed by atoms with van der Waals surface area (Å²) in [6.07, 6.45) is 0. The second-order valence-electron chi connectivity index (χ2n) is 4.31. The molecule has 20 heavy (non-hydrogen) atoms. The number of halogens is 1. The van der Waals surface area contributed by atoms with Crippen LogP contribution in [0.2, 0.25) is 0 Å². The maximum Gasteiger partial charge on any atom is 0.308 e. The van der Waals surface area contributed by atoms with Crippen molar-refractivity contribution in [3.05, 3.63) is 39.7 Å². The fourth-order valence-electron chi connectivity index (χ4n) is 1.42. The summed E-state index contributed by atoms with van der Waals surface area (Å²) in [7, 11) is 0. The lowest BCUT2D eigenvalue weighted by Crippen LogP contribution is -2.40. The predicted molar refractivity (Wildman–Crippen MR) is 66.8 cm³/mol. The van der Waals surface area contributed by atoms with Crippen LogP contribution in [0.3, 0.4) is 0 Å². The van der Waals surface area contributed by atoms with Gasteiger partial charge in [0.1, 0.15) is 5.82 Å². The summed E-state index contributed by atoms with van der Waals surface area (Å²) in [5.41, 5.74) is -0.917. The highest BCUT2D eigenvalue weighted by molar-refractivity contribution is 5.95. The monoisotopic (exact) mass is 284 g/mol. The summed E-state index contributed by atoms with van der Waals surface area (Å²) in [4.78, 5) is 32.4. The van der Waals surface area contributed by atoms with Crippen LogP contribution < -0.4 is 5.32 Å². The summed E-state index contributed by atoms with van der Waals surface area (Å²) >= 11 is 0. The van der Waals surface area contributed by atoms with Gasteiger partial charge in [0.25, 0.3) is 11.6 Å². The molecule has 0 aliphatic heterocycles. The SMILES string of the molecule is CC(NC(=O)c1cc([N+](=O)[O-])ccc1F)C(C)C(=O)O. The lowest BCUT2D eigenvalue weighted by atomic mass is 10.0. The standard InChI is InChI=1S/C12H13FN2O5/c1-6(12(17)18)7(2)14-11(16)9-5-8(15(19)20)3-4-10(9)13/h3-7H,1-2H3,(H,14,16)(H,17,18). The number of nitrogens with one attached hydrogen (secondary N) is 1. The third kappa shape index (κ3) is 3.50. The Hall–Kier alpha value is -2.51. The molecule has 0 saturated carbocycles. The smallest absolute Gasteiger partial charge is 0.308 e. The highest BCUT2D eigenvalue weighted by Gasteiger charge is 2.23. The van der Waals surface area contributed by atoms with Gasteiger partial charge in [-0.15, -0.1) is 0 Å². The third-order valence-corrected chi connectivity index (χ3v) is 2.90. The van der Waals surface area contributed by atoms with E-state index in [-0.39, 0.29) is 0 Å². The van der Waals surface area contributed by atoms with E-state index in [1.54, 1.807) is 0 Å². The van der Waals surface area contributed by atoms with E-state index in [1.165, 1.54) is 13.8 Å². The molecule has 0 bridgehead atoms. The number of nitrogens with zero attached hydrogens (tertiary/aromatic N) is 1. The van der Waals surface area contributed by atoms with Gasteiger partial charge in [-0.05, 0) is 19.9 Å².